The Kier molecular flexibility index (Phi) is 5.67. The third-order valence-corrected chi connectivity index (χ3v) is 4.47. The summed E-state index contributed by atoms with van der Waals surface area (Å²) in [6, 6.07) is 19.0. The van der Waals surface area contributed by atoms with Gasteiger partial charge in [-0.1, -0.05) is 48.0 Å². The van der Waals surface area contributed by atoms with Gasteiger partial charge < -0.3 is 5.32 Å². The fraction of sp³-hybridized carbons (Fsp3) is 0.0952. The number of hydrazone groups is 1. The van der Waals surface area contributed by atoms with Crippen LogP contribution in [0.15, 0.2) is 65.8 Å². The van der Waals surface area contributed by atoms with Crippen LogP contribution in [-0.4, -0.2) is 30.9 Å². The van der Waals surface area contributed by atoms with Crippen molar-refractivity contribution in [2.75, 3.05) is 10.7 Å². The van der Waals surface area contributed by atoms with Crippen LogP contribution in [0.2, 0.25) is 5.02 Å². The lowest BCUT2D eigenvalue weighted by Gasteiger charge is -2.09. The molecule has 0 bridgehead atoms. The Balaban J connectivity index is 1.66. The van der Waals surface area contributed by atoms with E-state index in [2.05, 4.69) is 35.9 Å². The molecule has 4 rings (SSSR count). The number of para-hydroxylation sites is 1. The van der Waals surface area contributed by atoms with Crippen molar-refractivity contribution < 1.29 is 0 Å². The predicted octanol–water partition coefficient (Wildman–Crippen LogP) is 4.52. The van der Waals surface area contributed by atoms with Crippen LogP contribution >= 0.6 is 11.6 Å². The van der Waals surface area contributed by atoms with Crippen molar-refractivity contribution in [3.05, 3.63) is 82.6 Å². The van der Waals surface area contributed by atoms with E-state index in [1.807, 2.05) is 68.4 Å². The minimum absolute atomic E-state index is 0.272. The van der Waals surface area contributed by atoms with E-state index in [1.54, 1.807) is 17.0 Å². The number of benzene rings is 2. The summed E-state index contributed by atoms with van der Waals surface area (Å²) in [5, 5.41) is 12.5. The number of anilines is 3. The van der Waals surface area contributed by atoms with Gasteiger partial charge >= 0.3 is 0 Å². The summed E-state index contributed by atoms with van der Waals surface area (Å²) in [5.41, 5.74) is 6.27. The van der Waals surface area contributed by atoms with E-state index in [1.165, 1.54) is 0 Å². The first-order chi connectivity index (χ1) is 14.6. The molecule has 0 saturated heterocycles. The van der Waals surface area contributed by atoms with Crippen molar-refractivity contribution in [1.29, 1.82) is 0 Å². The van der Waals surface area contributed by atoms with E-state index in [0.717, 1.165) is 22.6 Å². The van der Waals surface area contributed by atoms with Crippen LogP contribution < -0.4 is 10.7 Å². The van der Waals surface area contributed by atoms with Gasteiger partial charge in [0.15, 0.2) is 0 Å². The van der Waals surface area contributed by atoms with E-state index in [0.29, 0.717) is 16.9 Å². The van der Waals surface area contributed by atoms with Crippen LogP contribution in [0.1, 0.15) is 17.0 Å². The highest BCUT2D eigenvalue weighted by Gasteiger charge is 2.12. The van der Waals surface area contributed by atoms with Gasteiger partial charge in [0.2, 0.25) is 11.9 Å². The summed E-state index contributed by atoms with van der Waals surface area (Å²) in [7, 11) is 0. The highest BCUT2D eigenvalue weighted by atomic mass is 35.5. The monoisotopic (exact) mass is 418 g/mol. The number of halogens is 1. The fourth-order valence-electron chi connectivity index (χ4n) is 2.79. The fourth-order valence-corrected chi connectivity index (χ4v) is 2.97. The van der Waals surface area contributed by atoms with Crippen LogP contribution in [0, 0.1) is 13.8 Å². The van der Waals surface area contributed by atoms with Gasteiger partial charge in [0.25, 0.3) is 5.95 Å². The SMILES string of the molecule is Cc1cc(C)n(-c2nc(N/N=C\c3ccccc3Cl)nc(Nc3ccccc3)n2)n1. The number of hydrogen-bond donors (Lipinski definition) is 2. The van der Waals surface area contributed by atoms with E-state index in [9.17, 15) is 0 Å². The van der Waals surface area contributed by atoms with Crippen molar-refractivity contribution >= 4 is 35.4 Å². The molecular formula is C21H19ClN8. The van der Waals surface area contributed by atoms with Crippen LogP contribution in [0.5, 0.6) is 0 Å². The zero-order chi connectivity index (χ0) is 20.9. The molecule has 0 aliphatic rings. The Morgan fingerprint density at radius 3 is 2.40 bits per heavy atom. The molecule has 0 fully saturated rings. The van der Waals surface area contributed by atoms with E-state index < -0.39 is 0 Å². The first-order valence-corrected chi connectivity index (χ1v) is 9.62. The molecule has 2 N–H and O–H groups in total. The average molecular weight is 419 g/mol. The van der Waals surface area contributed by atoms with Gasteiger partial charge in [0.05, 0.1) is 11.9 Å². The first kappa shape index (κ1) is 19.5. The Morgan fingerprint density at radius 1 is 0.933 bits per heavy atom. The quantitative estimate of drug-likeness (QED) is 0.353. The number of hydrogen-bond acceptors (Lipinski definition) is 7. The zero-order valence-corrected chi connectivity index (χ0v) is 17.2. The molecule has 0 radical (unpaired) electrons. The Labute approximate surface area is 178 Å². The van der Waals surface area contributed by atoms with Crippen LogP contribution in [0.25, 0.3) is 5.95 Å². The third kappa shape index (κ3) is 4.61. The molecule has 0 amide bonds. The van der Waals surface area contributed by atoms with Gasteiger partial charge in [-0.05, 0) is 38.1 Å². The molecule has 9 heteroatoms. The number of rotatable bonds is 6. The highest BCUT2D eigenvalue weighted by molar-refractivity contribution is 6.33. The summed E-state index contributed by atoms with van der Waals surface area (Å²) < 4.78 is 1.66. The molecule has 0 spiro atoms. The number of nitrogens with one attached hydrogen (secondary N) is 2. The molecule has 0 saturated carbocycles. The minimum Gasteiger partial charge on any atom is -0.324 e. The molecule has 4 aromatic rings. The first-order valence-electron chi connectivity index (χ1n) is 9.24. The smallest absolute Gasteiger partial charge is 0.257 e. The molecule has 8 nitrogen and oxygen atoms in total. The molecule has 2 aromatic carbocycles. The van der Waals surface area contributed by atoms with E-state index in [-0.39, 0.29) is 5.95 Å². The zero-order valence-electron chi connectivity index (χ0n) is 16.4. The average Bonchev–Trinajstić information content (AvgIpc) is 3.08. The van der Waals surface area contributed by atoms with Gasteiger partial charge in [0, 0.05) is 22.0 Å². The van der Waals surface area contributed by atoms with Gasteiger partial charge in [-0.15, -0.1) is 0 Å². The van der Waals surface area contributed by atoms with Crippen molar-refractivity contribution in [1.82, 2.24) is 24.7 Å². The molecule has 0 aliphatic carbocycles. The molecule has 0 atom stereocenters. The topological polar surface area (TPSA) is 92.9 Å². The third-order valence-electron chi connectivity index (χ3n) is 4.13. The summed E-state index contributed by atoms with van der Waals surface area (Å²) in [4.78, 5) is 13.4. The summed E-state index contributed by atoms with van der Waals surface area (Å²) in [6.45, 7) is 3.86. The predicted molar refractivity (Wildman–Crippen MR) is 119 cm³/mol. The second-order valence-corrected chi connectivity index (χ2v) is 6.91. The van der Waals surface area contributed by atoms with Crippen LogP contribution in [0.4, 0.5) is 17.6 Å². The van der Waals surface area contributed by atoms with Gasteiger partial charge in [-0.3, -0.25) is 0 Å². The Bertz CT molecular complexity index is 1190. The van der Waals surface area contributed by atoms with Crippen molar-refractivity contribution in [2.24, 2.45) is 5.10 Å². The standard InChI is InChI=1S/C21H19ClN8/c1-14-12-15(2)30(29-14)21-26-19(24-17-9-4-3-5-10-17)25-20(27-21)28-23-13-16-8-6-7-11-18(16)22/h3-13H,1-2H3,(H2,24,25,26,27,28)/b23-13-. The molecule has 2 aromatic heterocycles. The summed E-state index contributed by atoms with van der Waals surface area (Å²) >= 11 is 6.16. The largest absolute Gasteiger partial charge is 0.324 e. The van der Waals surface area contributed by atoms with E-state index >= 15 is 0 Å². The lowest BCUT2D eigenvalue weighted by Crippen LogP contribution is -2.11. The van der Waals surface area contributed by atoms with Gasteiger partial charge in [-0.25, -0.2) is 10.1 Å². The lowest BCUT2D eigenvalue weighted by molar-refractivity contribution is 0.767. The van der Waals surface area contributed by atoms with Crippen molar-refractivity contribution in [3.63, 3.8) is 0 Å². The maximum absolute atomic E-state index is 6.16. The molecule has 2 heterocycles. The van der Waals surface area contributed by atoms with Gasteiger partial charge in [0.1, 0.15) is 0 Å². The molecule has 0 unspecified atom stereocenters. The van der Waals surface area contributed by atoms with E-state index in [4.69, 9.17) is 11.6 Å². The maximum atomic E-state index is 6.16. The van der Waals surface area contributed by atoms with Crippen molar-refractivity contribution in [2.45, 2.75) is 13.8 Å². The minimum atomic E-state index is 0.272. The normalized spacial score (nSPS) is 11.0. The number of nitrogens with zero attached hydrogens (tertiary/aromatic N) is 6. The Hall–Kier alpha value is -3.78. The molecular weight excluding hydrogens is 400 g/mol. The molecule has 30 heavy (non-hydrogen) atoms. The number of aromatic nitrogens is 5. The summed E-state index contributed by atoms with van der Waals surface area (Å²) in [5.74, 6) is 1.02. The van der Waals surface area contributed by atoms with Crippen molar-refractivity contribution in [3.8, 4) is 5.95 Å². The maximum Gasteiger partial charge on any atom is 0.257 e. The highest BCUT2D eigenvalue weighted by Crippen LogP contribution is 2.17. The summed E-state index contributed by atoms with van der Waals surface area (Å²) in [6.07, 6.45) is 1.61. The van der Waals surface area contributed by atoms with Crippen LogP contribution in [0.3, 0.4) is 0 Å². The number of aryl methyl sites for hydroxylation is 2. The second-order valence-electron chi connectivity index (χ2n) is 6.50. The van der Waals surface area contributed by atoms with Gasteiger partial charge in [-0.2, -0.15) is 25.2 Å². The molecule has 150 valence electrons. The lowest BCUT2D eigenvalue weighted by atomic mass is 10.2. The van der Waals surface area contributed by atoms with Crippen LogP contribution in [-0.2, 0) is 0 Å². The second kappa shape index (κ2) is 8.71. The Morgan fingerprint density at radius 2 is 1.67 bits per heavy atom. The molecule has 0 aliphatic heterocycles.